The first-order chi connectivity index (χ1) is 32.1. The van der Waals surface area contributed by atoms with Crippen molar-refractivity contribution in [3.8, 4) is 0 Å². The minimum atomic E-state index is -1.53. The van der Waals surface area contributed by atoms with Gasteiger partial charge in [0.25, 0.3) is 5.91 Å². The molecule has 0 radical (unpaired) electrons. The van der Waals surface area contributed by atoms with Crippen LogP contribution in [0.2, 0.25) is 0 Å². The van der Waals surface area contributed by atoms with Crippen LogP contribution in [0.5, 0.6) is 0 Å². The van der Waals surface area contributed by atoms with Crippen LogP contribution in [0.25, 0.3) is 0 Å². The molecule has 0 aromatic rings. The van der Waals surface area contributed by atoms with Gasteiger partial charge in [-0.1, -0.05) is 119 Å². The summed E-state index contributed by atoms with van der Waals surface area (Å²) in [6.07, 6.45) is 10.8. The van der Waals surface area contributed by atoms with Crippen molar-refractivity contribution < 1.29 is 63.0 Å². The first-order valence-corrected chi connectivity index (χ1v) is 24.3. The van der Waals surface area contributed by atoms with Gasteiger partial charge in [0, 0.05) is 6.92 Å². The van der Waals surface area contributed by atoms with Gasteiger partial charge in [0.15, 0.2) is 0 Å². The summed E-state index contributed by atoms with van der Waals surface area (Å²) in [6.45, 7) is 10.8. The number of aliphatic hydroxyl groups excluding tert-OH is 1. The zero-order chi connectivity index (χ0) is 51.3. The minimum Gasteiger partial charge on any atom is -0.481 e. The summed E-state index contributed by atoms with van der Waals surface area (Å²) in [6, 6.07) is -8.94. The second-order valence-corrected chi connectivity index (χ2v) is 18.4. The van der Waals surface area contributed by atoms with Gasteiger partial charge in [-0.3, -0.25) is 52.8 Å². The number of carboxylic acid groups (broad SMARTS) is 1. The van der Waals surface area contributed by atoms with Gasteiger partial charge in [-0.2, -0.15) is 0 Å². The number of nitrogens with one attached hydrogen (secondary N) is 7. The molecule has 1 aliphatic heterocycles. The highest BCUT2D eigenvalue weighted by Gasteiger charge is 2.43. The third kappa shape index (κ3) is 24.1. The molecule has 22 heteroatoms. The van der Waals surface area contributed by atoms with Gasteiger partial charge in [-0.05, 0) is 37.5 Å². The van der Waals surface area contributed by atoms with Gasteiger partial charge in [-0.25, -0.2) is 5.06 Å². The molecule has 1 fully saturated rings. The summed E-state index contributed by atoms with van der Waals surface area (Å²) in [5.41, 5.74) is 5.30. The maximum Gasteiger partial charge on any atom is 0.305 e. The number of nitrogens with two attached hydrogens (primary N) is 1. The van der Waals surface area contributed by atoms with E-state index in [1.807, 2.05) is 0 Å². The van der Waals surface area contributed by atoms with Crippen LogP contribution in [0.1, 0.15) is 158 Å². The van der Waals surface area contributed by atoms with Crippen molar-refractivity contribution in [3.05, 3.63) is 0 Å². The van der Waals surface area contributed by atoms with E-state index in [0.29, 0.717) is 19.3 Å². The number of hydroxylamine groups is 2. The molecule has 68 heavy (non-hydrogen) atoms. The van der Waals surface area contributed by atoms with E-state index in [1.165, 1.54) is 6.92 Å². The Labute approximate surface area is 400 Å². The maximum atomic E-state index is 13.8. The first-order valence-electron chi connectivity index (χ1n) is 24.3. The summed E-state index contributed by atoms with van der Waals surface area (Å²) in [5, 5.41) is 37.6. The average Bonchev–Trinajstić information content (AvgIpc) is 3.62. The van der Waals surface area contributed by atoms with E-state index in [4.69, 9.17) is 10.6 Å². The lowest BCUT2D eigenvalue weighted by Crippen LogP contribution is -2.59. The highest BCUT2D eigenvalue weighted by atomic mass is 16.7. The van der Waals surface area contributed by atoms with Gasteiger partial charge >= 0.3 is 5.97 Å². The number of hydrogen-bond donors (Lipinski definition) is 10. The predicted octanol–water partition coefficient (Wildman–Crippen LogP) is 0.719. The number of carbonyl (C=O) groups is 10. The van der Waals surface area contributed by atoms with E-state index in [9.17, 15) is 58.2 Å². The number of rotatable bonds is 36. The standard InChI is InChI=1S/C46H81N9O13/c1-8-10-12-14-16-18-20-31(49-30(7)57)41(62)53-35(26-56)44(65)52-34(22-28(3)4)43(64)54-36-27-68-55(46(36)67)37(23-29(5)6)45(66)48-25-38(58)50-32(21-19-17-15-13-11-9-2)42(63)51-33(40(47)61)24-39(59)60/h28-29,31-37,56H,8-27H2,1-7H3,(H2,47,61)(H,48,66)(H,49,57)(H,50,58)(H,51,63)(H,52,65)(H,53,62)(H,54,64)(H,59,60)/t31-,32-,33-,34-,35-,36-,37-/m0/s1. The summed E-state index contributed by atoms with van der Waals surface area (Å²) in [7, 11) is 0. The summed E-state index contributed by atoms with van der Waals surface area (Å²) in [5.74, 6) is -8.71. The summed E-state index contributed by atoms with van der Waals surface area (Å²) < 4.78 is 0. The second kappa shape index (κ2) is 33.2. The molecule has 1 heterocycles. The monoisotopic (exact) mass is 968 g/mol. The largest absolute Gasteiger partial charge is 0.481 e. The smallest absolute Gasteiger partial charge is 0.305 e. The molecule has 9 amide bonds. The Balaban J connectivity index is 3.07. The van der Waals surface area contributed by atoms with Crippen LogP contribution < -0.4 is 43.0 Å². The summed E-state index contributed by atoms with van der Waals surface area (Å²) in [4.78, 5) is 135. The maximum absolute atomic E-state index is 13.8. The van der Waals surface area contributed by atoms with Crippen molar-refractivity contribution in [2.45, 2.75) is 200 Å². The number of carboxylic acids is 1. The number of unbranched alkanes of at least 4 members (excludes halogenated alkanes) is 10. The highest BCUT2D eigenvalue weighted by Crippen LogP contribution is 2.20. The molecule has 0 aromatic heterocycles. The highest BCUT2D eigenvalue weighted by molar-refractivity contribution is 5.98. The fourth-order valence-corrected chi connectivity index (χ4v) is 7.50. The second-order valence-electron chi connectivity index (χ2n) is 18.4. The Morgan fingerprint density at radius 3 is 1.62 bits per heavy atom. The number of amides is 9. The zero-order valence-corrected chi connectivity index (χ0v) is 41.2. The minimum absolute atomic E-state index is 0.0725. The molecular formula is C46H81N9O13. The van der Waals surface area contributed by atoms with Gasteiger partial charge in [0.2, 0.25) is 47.3 Å². The van der Waals surface area contributed by atoms with Crippen LogP contribution in [0.4, 0.5) is 0 Å². The van der Waals surface area contributed by atoms with E-state index >= 15 is 0 Å². The number of hydrogen-bond acceptors (Lipinski definition) is 12. The Kier molecular flexibility index (Phi) is 29.6. The van der Waals surface area contributed by atoms with Crippen molar-refractivity contribution in [2.75, 3.05) is 19.8 Å². The van der Waals surface area contributed by atoms with E-state index in [0.717, 1.165) is 69.3 Å². The number of aliphatic hydroxyl groups is 1. The number of primary amides is 1. The van der Waals surface area contributed by atoms with Crippen LogP contribution in [-0.2, 0) is 52.8 Å². The molecule has 388 valence electrons. The lowest BCUT2D eigenvalue weighted by Gasteiger charge is -2.27. The van der Waals surface area contributed by atoms with Crippen molar-refractivity contribution in [2.24, 2.45) is 17.6 Å². The van der Waals surface area contributed by atoms with Crippen molar-refractivity contribution >= 4 is 59.1 Å². The fraction of sp³-hybridized carbons (Fsp3) is 0.783. The molecule has 22 nitrogen and oxygen atoms in total. The fourth-order valence-electron chi connectivity index (χ4n) is 7.50. The van der Waals surface area contributed by atoms with Crippen molar-refractivity contribution in [1.82, 2.24) is 42.3 Å². The predicted molar refractivity (Wildman–Crippen MR) is 250 cm³/mol. The molecule has 0 saturated carbocycles. The van der Waals surface area contributed by atoms with Crippen LogP contribution >= 0.6 is 0 Å². The van der Waals surface area contributed by atoms with E-state index in [-0.39, 0.29) is 37.7 Å². The van der Waals surface area contributed by atoms with Crippen molar-refractivity contribution in [3.63, 3.8) is 0 Å². The lowest BCUT2D eigenvalue weighted by atomic mass is 10.0. The molecule has 1 saturated heterocycles. The molecule has 0 aliphatic carbocycles. The van der Waals surface area contributed by atoms with Crippen LogP contribution in [-0.4, -0.2) is 136 Å². The number of nitrogens with zero attached hydrogens (tertiary/aromatic N) is 1. The SMILES string of the molecule is CCCCCCCC[C@H](NC(C)=O)C(=O)N[C@@H](CO)C(=O)N[C@@H](CC(C)C)C(=O)N[C@H]1CON([C@@H](CC(C)C)C(=O)NCC(=O)N[C@@H](CCCCCCCC)C(=O)N[C@@H](CC(=O)O)C(N)=O)C1=O. The molecular weight excluding hydrogens is 887 g/mol. The molecule has 11 N–H and O–H groups in total. The Hall–Kier alpha value is -5.38. The van der Waals surface area contributed by atoms with E-state index in [2.05, 4.69) is 51.1 Å². The average molecular weight is 968 g/mol. The Morgan fingerprint density at radius 2 is 1.13 bits per heavy atom. The molecule has 0 spiro atoms. The molecule has 0 bridgehead atoms. The van der Waals surface area contributed by atoms with Gasteiger partial charge in [0.05, 0.1) is 19.6 Å². The van der Waals surface area contributed by atoms with Crippen LogP contribution in [0.15, 0.2) is 0 Å². The molecule has 0 aromatic carbocycles. The first kappa shape index (κ1) is 60.6. The lowest BCUT2D eigenvalue weighted by molar-refractivity contribution is -0.180. The quantitative estimate of drug-likeness (QED) is 0.0388. The van der Waals surface area contributed by atoms with Gasteiger partial charge < -0.3 is 53.2 Å². The van der Waals surface area contributed by atoms with Crippen LogP contribution in [0, 0.1) is 11.8 Å². The molecule has 7 atom stereocenters. The van der Waals surface area contributed by atoms with E-state index < -0.39 is 121 Å². The van der Waals surface area contributed by atoms with Crippen molar-refractivity contribution in [1.29, 1.82) is 0 Å². The summed E-state index contributed by atoms with van der Waals surface area (Å²) >= 11 is 0. The normalized spacial score (nSPS) is 16.2. The zero-order valence-electron chi connectivity index (χ0n) is 41.2. The third-order valence-electron chi connectivity index (χ3n) is 11.1. The Morgan fingerprint density at radius 1 is 0.647 bits per heavy atom. The number of carbonyl (C=O) groups excluding carboxylic acids is 9. The molecule has 1 aliphatic rings. The number of aliphatic carboxylic acids is 1. The third-order valence-corrected chi connectivity index (χ3v) is 11.1. The topological polar surface area (TPSA) is 334 Å². The van der Waals surface area contributed by atoms with Gasteiger partial charge in [-0.15, -0.1) is 0 Å². The molecule has 0 unspecified atom stereocenters. The molecule has 1 rings (SSSR count). The Bertz CT molecular complexity index is 1660. The van der Waals surface area contributed by atoms with E-state index in [1.54, 1.807) is 27.7 Å². The van der Waals surface area contributed by atoms with Gasteiger partial charge in [0.1, 0.15) is 48.9 Å². The van der Waals surface area contributed by atoms with Crippen LogP contribution in [0.3, 0.4) is 0 Å².